The van der Waals surface area contributed by atoms with Crippen molar-refractivity contribution in [3.05, 3.63) is 35.4 Å². The number of hydrogen-bond acceptors (Lipinski definition) is 4. The number of amides is 1. The number of rotatable bonds is 8. The van der Waals surface area contributed by atoms with Gasteiger partial charge in [-0.15, -0.1) is 24.0 Å². The van der Waals surface area contributed by atoms with Gasteiger partial charge in [-0.2, -0.15) is 0 Å². The normalized spacial score (nSPS) is 14.7. The van der Waals surface area contributed by atoms with E-state index in [0.717, 1.165) is 25.5 Å². The van der Waals surface area contributed by atoms with Gasteiger partial charge in [0, 0.05) is 33.2 Å². The summed E-state index contributed by atoms with van der Waals surface area (Å²) in [5, 5.41) is 9.34. The fraction of sp³-hybridized carbons (Fsp3) is 0.636. The summed E-state index contributed by atoms with van der Waals surface area (Å²) in [6.45, 7) is 11.0. The monoisotopic (exact) mass is 531 g/mol. The molecule has 1 aromatic carbocycles. The lowest BCUT2D eigenvalue weighted by molar-refractivity contribution is 0.0527. The Bertz CT molecular complexity index is 652. The van der Waals surface area contributed by atoms with Crippen LogP contribution in [0.1, 0.15) is 51.2 Å². The number of nitrogens with one attached hydrogen (secondary N) is 3. The molecule has 0 unspecified atom stereocenters. The molecule has 0 aromatic heterocycles. The van der Waals surface area contributed by atoms with Gasteiger partial charge in [0.2, 0.25) is 0 Å². The van der Waals surface area contributed by atoms with E-state index in [4.69, 9.17) is 4.74 Å². The van der Waals surface area contributed by atoms with Crippen LogP contribution in [0.3, 0.4) is 0 Å². The Morgan fingerprint density at radius 1 is 1.03 bits per heavy atom. The zero-order valence-electron chi connectivity index (χ0n) is 18.8. The summed E-state index contributed by atoms with van der Waals surface area (Å²) in [5.41, 5.74) is 2.13. The van der Waals surface area contributed by atoms with Crippen molar-refractivity contribution in [1.29, 1.82) is 0 Å². The van der Waals surface area contributed by atoms with Gasteiger partial charge >= 0.3 is 6.09 Å². The van der Waals surface area contributed by atoms with Crippen LogP contribution >= 0.6 is 24.0 Å². The van der Waals surface area contributed by atoms with E-state index in [9.17, 15) is 4.79 Å². The molecule has 1 fully saturated rings. The van der Waals surface area contributed by atoms with Crippen LogP contribution in [0.15, 0.2) is 29.3 Å². The minimum Gasteiger partial charge on any atom is -0.444 e. The summed E-state index contributed by atoms with van der Waals surface area (Å²) in [4.78, 5) is 18.4. The van der Waals surface area contributed by atoms with E-state index < -0.39 is 5.60 Å². The minimum atomic E-state index is -0.472. The lowest BCUT2D eigenvalue weighted by Crippen LogP contribution is -2.39. The summed E-state index contributed by atoms with van der Waals surface area (Å²) < 4.78 is 5.21. The number of carbonyl (C=O) groups is 1. The van der Waals surface area contributed by atoms with Crippen LogP contribution in [0.2, 0.25) is 0 Å². The van der Waals surface area contributed by atoms with Crippen molar-refractivity contribution >= 4 is 36.0 Å². The molecule has 3 N–H and O–H groups in total. The molecule has 0 bridgehead atoms. The van der Waals surface area contributed by atoms with Gasteiger partial charge in [-0.25, -0.2) is 4.79 Å². The van der Waals surface area contributed by atoms with Crippen molar-refractivity contribution in [3.63, 3.8) is 0 Å². The minimum absolute atomic E-state index is 0. The van der Waals surface area contributed by atoms with Crippen molar-refractivity contribution in [2.75, 3.05) is 33.2 Å². The fourth-order valence-corrected chi connectivity index (χ4v) is 3.17. The van der Waals surface area contributed by atoms with Gasteiger partial charge in [-0.3, -0.25) is 9.89 Å². The molecular formula is C22H38IN5O2. The second-order valence-corrected chi connectivity index (χ2v) is 8.43. The van der Waals surface area contributed by atoms with E-state index >= 15 is 0 Å². The van der Waals surface area contributed by atoms with E-state index in [-0.39, 0.29) is 30.1 Å². The molecular weight excluding hydrogens is 493 g/mol. The van der Waals surface area contributed by atoms with Crippen LogP contribution in [-0.2, 0) is 17.8 Å². The number of aliphatic imine (C=N–C) groups is 1. The Kier molecular flexibility index (Phi) is 12.1. The number of likely N-dealkylation sites (tertiary alicyclic amines) is 1. The van der Waals surface area contributed by atoms with Crippen LogP contribution in [-0.4, -0.2) is 55.8 Å². The molecule has 0 aliphatic carbocycles. The van der Waals surface area contributed by atoms with E-state index in [1.54, 1.807) is 7.05 Å². The highest BCUT2D eigenvalue weighted by Gasteiger charge is 2.15. The molecule has 1 aliphatic heterocycles. The van der Waals surface area contributed by atoms with Crippen LogP contribution < -0.4 is 16.0 Å². The fourth-order valence-electron chi connectivity index (χ4n) is 3.17. The summed E-state index contributed by atoms with van der Waals surface area (Å²) in [6, 6.07) is 8.79. The molecule has 1 heterocycles. The summed E-state index contributed by atoms with van der Waals surface area (Å²) in [6.07, 6.45) is 3.05. The average Bonchev–Trinajstić information content (AvgIpc) is 3.17. The number of guanidine groups is 1. The standard InChI is InChI=1S/C22H37N5O2.HI/c1-22(2,3)29-21(28)25-13-7-12-24-20(23-4)26-16-18-8-10-19(11-9-18)17-27-14-5-6-15-27;/h8-11H,5-7,12-17H2,1-4H3,(H,25,28)(H2,23,24,26);1H. The number of carbonyl (C=O) groups excluding carboxylic acids is 1. The number of halogens is 1. The van der Waals surface area contributed by atoms with E-state index in [2.05, 4.69) is 50.1 Å². The Hall–Kier alpha value is -1.55. The first-order valence-electron chi connectivity index (χ1n) is 10.6. The molecule has 1 saturated heterocycles. The van der Waals surface area contributed by atoms with E-state index in [0.29, 0.717) is 13.1 Å². The highest BCUT2D eigenvalue weighted by atomic mass is 127. The third-order valence-corrected chi connectivity index (χ3v) is 4.63. The Morgan fingerprint density at radius 2 is 1.63 bits per heavy atom. The summed E-state index contributed by atoms with van der Waals surface area (Å²) >= 11 is 0. The highest BCUT2D eigenvalue weighted by Crippen LogP contribution is 2.13. The van der Waals surface area contributed by atoms with E-state index in [1.165, 1.54) is 37.1 Å². The number of hydrogen-bond donors (Lipinski definition) is 3. The van der Waals surface area contributed by atoms with E-state index in [1.807, 2.05) is 20.8 Å². The molecule has 0 spiro atoms. The lowest BCUT2D eigenvalue weighted by atomic mass is 10.1. The summed E-state index contributed by atoms with van der Waals surface area (Å²) in [5.74, 6) is 0.753. The first-order chi connectivity index (χ1) is 13.9. The second kappa shape index (κ2) is 13.7. The van der Waals surface area contributed by atoms with Gasteiger partial charge < -0.3 is 20.7 Å². The first-order valence-corrected chi connectivity index (χ1v) is 10.6. The van der Waals surface area contributed by atoms with Gasteiger partial charge in [0.1, 0.15) is 5.60 Å². The molecule has 2 rings (SSSR count). The molecule has 8 heteroatoms. The van der Waals surface area contributed by atoms with Gasteiger partial charge in [0.15, 0.2) is 5.96 Å². The van der Waals surface area contributed by atoms with Crippen LogP contribution in [0.25, 0.3) is 0 Å². The SMILES string of the molecule is CN=C(NCCCNC(=O)OC(C)(C)C)NCc1ccc(CN2CCCC2)cc1.I. The average molecular weight is 531 g/mol. The van der Waals surface area contributed by atoms with Gasteiger partial charge in [-0.1, -0.05) is 24.3 Å². The van der Waals surface area contributed by atoms with Crippen molar-refractivity contribution in [2.45, 2.75) is 58.7 Å². The van der Waals surface area contributed by atoms with Crippen LogP contribution in [0.4, 0.5) is 4.79 Å². The van der Waals surface area contributed by atoms with Gasteiger partial charge in [0.05, 0.1) is 0 Å². The van der Waals surface area contributed by atoms with Crippen molar-refractivity contribution in [2.24, 2.45) is 4.99 Å². The maximum atomic E-state index is 11.6. The molecule has 1 aromatic rings. The van der Waals surface area contributed by atoms with Gasteiger partial charge in [-0.05, 0) is 64.3 Å². The molecule has 30 heavy (non-hydrogen) atoms. The topological polar surface area (TPSA) is 78.0 Å². The zero-order chi connectivity index (χ0) is 21.1. The molecule has 1 amide bonds. The number of alkyl carbamates (subject to hydrolysis) is 1. The predicted molar refractivity (Wildman–Crippen MR) is 133 cm³/mol. The third kappa shape index (κ3) is 11.0. The van der Waals surface area contributed by atoms with Crippen molar-refractivity contribution in [1.82, 2.24) is 20.9 Å². The summed E-state index contributed by atoms with van der Waals surface area (Å²) in [7, 11) is 1.76. The highest BCUT2D eigenvalue weighted by molar-refractivity contribution is 14.0. The Labute approximate surface area is 198 Å². The maximum absolute atomic E-state index is 11.6. The Balaban J connectivity index is 0.00000450. The zero-order valence-corrected chi connectivity index (χ0v) is 21.1. The van der Waals surface area contributed by atoms with Crippen molar-refractivity contribution in [3.8, 4) is 0 Å². The largest absolute Gasteiger partial charge is 0.444 e. The number of benzene rings is 1. The van der Waals surface area contributed by atoms with Crippen molar-refractivity contribution < 1.29 is 9.53 Å². The predicted octanol–water partition coefficient (Wildman–Crippen LogP) is 3.48. The molecule has 0 atom stereocenters. The first kappa shape index (κ1) is 26.5. The molecule has 0 radical (unpaired) electrons. The second-order valence-electron chi connectivity index (χ2n) is 8.43. The number of ether oxygens (including phenoxy) is 1. The quantitative estimate of drug-likeness (QED) is 0.207. The molecule has 170 valence electrons. The van der Waals surface area contributed by atoms with Gasteiger partial charge in [0.25, 0.3) is 0 Å². The van der Waals surface area contributed by atoms with Crippen LogP contribution in [0, 0.1) is 0 Å². The van der Waals surface area contributed by atoms with Crippen LogP contribution in [0.5, 0.6) is 0 Å². The Morgan fingerprint density at radius 3 is 2.23 bits per heavy atom. The molecule has 0 saturated carbocycles. The maximum Gasteiger partial charge on any atom is 0.407 e. The lowest BCUT2D eigenvalue weighted by Gasteiger charge is -2.19. The third-order valence-electron chi connectivity index (χ3n) is 4.63. The molecule has 1 aliphatic rings. The number of nitrogens with zero attached hydrogens (tertiary/aromatic N) is 2. The smallest absolute Gasteiger partial charge is 0.407 e. The molecule has 7 nitrogen and oxygen atoms in total.